The first kappa shape index (κ1) is 70.7. The van der Waals surface area contributed by atoms with Crippen molar-refractivity contribution in [3.63, 3.8) is 0 Å². The van der Waals surface area contributed by atoms with E-state index in [2.05, 4.69) is 47.2 Å². The number of carboxylic acids is 3. The van der Waals surface area contributed by atoms with Crippen molar-refractivity contribution in [1.29, 1.82) is 0 Å². The van der Waals surface area contributed by atoms with Crippen LogP contribution < -0.4 is 64.6 Å². The van der Waals surface area contributed by atoms with Crippen LogP contribution in [0.5, 0.6) is 5.75 Å². The van der Waals surface area contributed by atoms with E-state index in [1.165, 1.54) is 36.8 Å². The number of aliphatic carboxylic acids is 3. The summed E-state index contributed by atoms with van der Waals surface area (Å²) in [7, 11) is 0. The largest absolute Gasteiger partial charge is 0.508 e. The first-order valence-corrected chi connectivity index (χ1v) is 25.4. The number of rotatable bonds is 37. The van der Waals surface area contributed by atoms with Crippen molar-refractivity contribution in [2.75, 3.05) is 26.4 Å². The van der Waals surface area contributed by atoms with Crippen molar-refractivity contribution in [2.45, 2.75) is 126 Å². The highest BCUT2D eigenvalue weighted by molar-refractivity contribution is 6.01. The number of aromatic hydroxyl groups is 1. The average molecular weight is 1200 g/mol. The number of hydrogen-bond acceptors (Lipinski definition) is 21. The van der Waals surface area contributed by atoms with E-state index in [4.69, 9.17) is 16.6 Å². The van der Waals surface area contributed by atoms with Crippen LogP contribution in [0.4, 0.5) is 0 Å². The zero-order valence-corrected chi connectivity index (χ0v) is 45.4. The van der Waals surface area contributed by atoms with E-state index in [9.17, 15) is 103 Å². The molecule has 0 fully saturated rings. The predicted molar refractivity (Wildman–Crippen MR) is 281 cm³/mol. The number of nitrogens with zero attached hydrogens (tertiary/aromatic N) is 1. The van der Waals surface area contributed by atoms with Crippen molar-refractivity contribution in [3.8, 4) is 5.75 Å². The lowest BCUT2D eigenvalue weighted by atomic mass is 10.0. The van der Waals surface area contributed by atoms with Crippen LogP contribution in [0.15, 0.2) is 36.8 Å². The molecule has 1 aromatic heterocycles. The lowest BCUT2D eigenvalue weighted by Gasteiger charge is -2.27. The molecule has 0 bridgehead atoms. The van der Waals surface area contributed by atoms with Gasteiger partial charge < -0.3 is 110 Å². The predicted octanol–water partition coefficient (Wildman–Crippen LogP) is -9.98. The van der Waals surface area contributed by atoms with Crippen molar-refractivity contribution >= 4 is 82.9 Å². The summed E-state index contributed by atoms with van der Waals surface area (Å²) in [5.41, 5.74) is 11.3. The van der Waals surface area contributed by atoms with Gasteiger partial charge in [0.05, 0.1) is 58.1 Å². The van der Waals surface area contributed by atoms with Crippen LogP contribution in [-0.4, -0.2) is 227 Å². The number of aliphatic hydroxyl groups is 4. The van der Waals surface area contributed by atoms with Crippen LogP contribution in [0.3, 0.4) is 0 Å². The van der Waals surface area contributed by atoms with Crippen LogP contribution in [0.25, 0.3) is 0 Å². The van der Waals surface area contributed by atoms with E-state index >= 15 is 0 Å². The second kappa shape index (κ2) is 34.8. The number of nitrogens with one attached hydrogen (secondary N) is 11. The van der Waals surface area contributed by atoms with Crippen LogP contribution >= 0.6 is 0 Å². The maximum atomic E-state index is 13.9. The minimum absolute atomic E-state index is 0.214. The summed E-state index contributed by atoms with van der Waals surface area (Å²) >= 11 is 0. The second-order valence-corrected chi connectivity index (χ2v) is 19.1. The summed E-state index contributed by atoms with van der Waals surface area (Å²) in [5.74, 6) is -19.8. The third-order valence-electron chi connectivity index (χ3n) is 11.7. The molecule has 1 aromatic carbocycles. The number of primary amides is 1. The van der Waals surface area contributed by atoms with Crippen molar-refractivity contribution in [1.82, 2.24) is 63.1 Å². The first-order valence-electron chi connectivity index (χ1n) is 25.4. The zero-order valence-electron chi connectivity index (χ0n) is 45.4. The van der Waals surface area contributed by atoms with Gasteiger partial charge in [-0.2, -0.15) is 0 Å². The molecular formula is C48H70N14O22. The standard InChI is InChI=1S/C48H70N14O22/c1-20(2)8-26(40(75)60-33(18-65)46(81)59-31(48(83)84)10-23-14-51-19-53-23)54-43(78)29(12-36(70)71)57-44(79)30(13-37(72)73)56-42(77)28(11-34(50)68)55-45(80)32(17-64)61-41(76)27(9-22-4-6-24(67)7-5-22)58-47(82)38(21(3)66)62-35(69)15-52-39(74)25(49)16-63/h4-7,14,19-21,25-33,38,63-67H,8-13,15-18,49H2,1-3H3,(H2,50,68)(H,51,53)(H,52,74)(H,54,78)(H,55,80)(H,56,77)(H,57,79)(H,58,82)(H,59,81)(H,60,75)(H,61,76)(H,62,69)(H,70,71)(H,72,73)(H,83,84)/t21-,25+,26+,27+,28+,29+,30+,31+,32+,33+,38+/m1/s1. The van der Waals surface area contributed by atoms with Crippen LogP contribution in [0.2, 0.25) is 0 Å². The van der Waals surface area contributed by atoms with Gasteiger partial charge in [0, 0.05) is 24.7 Å². The van der Waals surface area contributed by atoms with Gasteiger partial charge in [-0.1, -0.05) is 26.0 Å². The van der Waals surface area contributed by atoms with Crippen molar-refractivity contribution in [3.05, 3.63) is 48.0 Å². The van der Waals surface area contributed by atoms with E-state index in [0.717, 1.165) is 6.92 Å². The number of carboxylic acid groups (broad SMARTS) is 3. The number of amides is 11. The molecule has 36 nitrogen and oxygen atoms in total. The lowest BCUT2D eigenvalue weighted by Crippen LogP contribution is -2.62. The van der Waals surface area contributed by atoms with Crippen molar-refractivity contribution < 1.29 is 108 Å². The average Bonchev–Trinajstić information content (AvgIpc) is 4.06. The van der Waals surface area contributed by atoms with E-state index in [-0.39, 0.29) is 24.2 Å². The molecular weight excluding hydrogens is 1120 g/mol. The van der Waals surface area contributed by atoms with Gasteiger partial charge in [0.15, 0.2) is 0 Å². The smallest absolute Gasteiger partial charge is 0.326 e. The van der Waals surface area contributed by atoms with Gasteiger partial charge in [-0.3, -0.25) is 62.3 Å². The van der Waals surface area contributed by atoms with E-state index in [1.807, 2.05) is 16.0 Å². The fraction of sp³-hybridized carbons (Fsp3) is 0.521. The SMILES string of the molecule is CC(C)C[C@H](NC(=O)[C@H](CC(=O)O)NC(=O)[C@H](CC(=O)O)NC(=O)[C@H](CC(N)=O)NC(=O)[C@H](CO)NC(=O)[C@H](Cc1ccc(O)cc1)NC(=O)[C@@H](NC(=O)CNC(=O)[C@@H](N)CO)[C@@H](C)O)C(=O)N[C@@H](CO)C(=O)N[C@@H](Cc1cnc[nH]1)C(=O)O. The van der Waals surface area contributed by atoms with E-state index in [1.54, 1.807) is 13.8 Å². The van der Waals surface area contributed by atoms with Gasteiger partial charge in [0.2, 0.25) is 65.0 Å². The molecule has 0 spiro atoms. The molecule has 2 rings (SSSR count). The summed E-state index contributed by atoms with van der Waals surface area (Å²) in [6, 6.07) is -13.7. The highest BCUT2D eigenvalue weighted by Crippen LogP contribution is 2.13. The number of aromatic nitrogens is 2. The molecule has 11 atom stereocenters. The molecule has 23 N–H and O–H groups in total. The third-order valence-corrected chi connectivity index (χ3v) is 11.7. The number of nitrogens with two attached hydrogens (primary N) is 2. The van der Waals surface area contributed by atoms with Gasteiger partial charge in [0.1, 0.15) is 66.2 Å². The van der Waals surface area contributed by atoms with Crippen LogP contribution in [-0.2, 0) is 80.0 Å². The maximum Gasteiger partial charge on any atom is 0.326 e. The minimum atomic E-state index is -2.27. The maximum absolute atomic E-state index is 13.9. The van der Waals surface area contributed by atoms with Crippen LogP contribution in [0, 0.1) is 5.92 Å². The lowest BCUT2D eigenvalue weighted by molar-refractivity contribution is -0.144. The summed E-state index contributed by atoms with van der Waals surface area (Å²) in [5, 5.41) is 99.6. The van der Waals surface area contributed by atoms with Crippen LogP contribution in [0.1, 0.15) is 57.7 Å². The molecule has 1 heterocycles. The summed E-state index contributed by atoms with van der Waals surface area (Å²) < 4.78 is 0. The van der Waals surface area contributed by atoms with Gasteiger partial charge in [-0.15, -0.1) is 0 Å². The Labute approximate surface area is 476 Å². The Morgan fingerprint density at radius 3 is 1.38 bits per heavy atom. The molecule has 0 saturated carbocycles. The van der Waals surface area contributed by atoms with Gasteiger partial charge in [-0.05, 0) is 37.0 Å². The fourth-order valence-electron chi connectivity index (χ4n) is 7.34. The van der Waals surface area contributed by atoms with Crippen molar-refractivity contribution in [2.24, 2.45) is 17.4 Å². The zero-order chi connectivity index (χ0) is 63.5. The Morgan fingerprint density at radius 1 is 0.536 bits per heavy atom. The quantitative estimate of drug-likeness (QED) is 0.0299. The molecule has 0 saturated heterocycles. The first-order chi connectivity index (χ1) is 39.4. The normalized spacial score (nSPS) is 14.9. The molecule has 464 valence electrons. The number of phenolic OH excluding ortho intramolecular Hbond substituents is 1. The molecule has 11 amide bonds. The molecule has 36 heteroatoms. The number of benzene rings is 1. The highest BCUT2D eigenvalue weighted by Gasteiger charge is 2.37. The Bertz CT molecular complexity index is 2660. The Hall–Kier alpha value is -9.39. The highest BCUT2D eigenvalue weighted by atomic mass is 16.4. The monoisotopic (exact) mass is 1190 g/mol. The minimum Gasteiger partial charge on any atom is -0.508 e. The second-order valence-electron chi connectivity index (χ2n) is 19.1. The number of carbonyl (C=O) groups excluding carboxylic acids is 11. The van der Waals surface area contributed by atoms with Gasteiger partial charge in [-0.25, -0.2) is 9.78 Å². The summed E-state index contributed by atoms with van der Waals surface area (Å²) in [6.07, 6.45) is -3.84. The Morgan fingerprint density at radius 2 is 0.964 bits per heavy atom. The molecule has 2 aromatic rings. The van der Waals surface area contributed by atoms with E-state index < -0.39 is 207 Å². The molecule has 0 radical (unpaired) electrons. The number of H-pyrrole nitrogens is 1. The number of hydrogen-bond donors (Lipinski definition) is 21. The van der Waals surface area contributed by atoms with Gasteiger partial charge >= 0.3 is 17.9 Å². The van der Waals surface area contributed by atoms with E-state index in [0.29, 0.717) is 5.69 Å². The summed E-state index contributed by atoms with van der Waals surface area (Å²) in [6.45, 7) is 0.290. The number of aliphatic hydroxyl groups excluding tert-OH is 4. The van der Waals surface area contributed by atoms with Gasteiger partial charge in [0.25, 0.3) is 0 Å². The molecule has 0 aliphatic carbocycles. The summed E-state index contributed by atoms with van der Waals surface area (Å²) in [4.78, 5) is 188. The number of aromatic amines is 1. The number of imidazole rings is 1. The molecule has 84 heavy (non-hydrogen) atoms. The molecule has 0 aliphatic rings. The fourth-order valence-corrected chi connectivity index (χ4v) is 7.34. The number of carbonyl (C=O) groups is 14. The Balaban J connectivity index is 2.36. The Kier molecular flexibility index (Phi) is 29.3. The molecule has 0 unspecified atom stereocenters. The topological polar surface area (TPSA) is 602 Å². The molecule has 0 aliphatic heterocycles. The number of phenols is 1. The third kappa shape index (κ3) is 24.8.